The van der Waals surface area contributed by atoms with Gasteiger partial charge in [0.25, 0.3) is 0 Å². The van der Waals surface area contributed by atoms with Crippen molar-refractivity contribution in [2.24, 2.45) is 0 Å². The van der Waals surface area contributed by atoms with E-state index < -0.39 is 5.97 Å². The van der Waals surface area contributed by atoms with E-state index in [1.165, 1.54) is 0 Å². The minimum atomic E-state index is -1.05. The van der Waals surface area contributed by atoms with Crippen molar-refractivity contribution >= 4 is 22.7 Å². The van der Waals surface area contributed by atoms with Crippen LogP contribution < -0.4 is 0 Å². The van der Waals surface area contributed by atoms with Gasteiger partial charge in [0.15, 0.2) is 5.78 Å². The van der Waals surface area contributed by atoms with E-state index in [1.807, 2.05) is 66.7 Å². The molecule has 5 aromatic rings. The maximum absolute atomic E-state index is 13.0. The number of carboxylic acids is 1. The Labute approximate surface area is 206 Å². The normalized spacial score (nSPS) is 10.8. The Hall–Kier alpha value is -5.09. The number of carboxylic acid groups (broad SMARTS) is 1. The molecule has 0 aliphatic rings. The van der Waals surface area contributed by atoms with Crippen LogP contribution in [-0.2, 0) is 4.79 Å². The van der Waals surface area contributed by atoms with Gasteiger partial charge in [-0.2, -0.15) is 5.26 Å². The molecule has 5 rings (SSSR count). The van der Waals surface area contributed by atoms with Gasteiger partial charge in [0.2, 0.25) is 5.95 Å². The molecule has 1 N–H and O–H groups in total. The third-order valence-corrected chi connectivity index (χ3v) is 5.87. The molecule has 0 bridgehead atoms. The number of fused-ring (bicyclic) bond motifs is 1. The monoisotopic (exact) mass is 472 g/mol. The molecule has 0 unspecified atom stereocenters. The molecular formula is C29H20N4O3. The molecule has 0 fully saturated rings. The zero-order valence-corrected chi connectivity index (χ0v) is 19.1. The van der Waals surface area contributed by atoms with Gasteiger partial charge in [-0.05, 0) is 24.3 Å². The summed E-state index contributed by atoms with van der Waals surface area (Å²) in [7, 11) is 0. The highest BCUT2D eigenvalue weighted by molar-refractivity contribution is 6.09. The van der Waals surface area contributed by atoms with Gasteiger partial charge < -0.3 is 5.11 Å². The number of benzene rings is 3. The first-order chi connectivity index (χ1) is 17.5. The van der Waals surface area contributed by atoms with Gasteiger partial charge in [0.05, 0.1) is 35.0 Å². The van der Waals surface area contributed by atoms with Gasteiger partial charge in [0.1, 0.15) is 0 Å². The molecule has 0 atom stereocenters. The van der Waals surface area contributed by atoms with E-state index in [0.29, 0.717) is 39.4 Å². The van der Waals surface area contributed by atoms with Gasteiger partial charge in [-0.1, -0.05) is 60.7 Å². The Bertz CT molecular complexity index is 1580. The second-order valence-corrected chi connectivity index (χ2v) is 8.24. The first-order valence-electron chi connectivity index (χ1n) is 11.3. The third-order valence-electron chi connectivity index (χ3n) is 5.87. The number of hydrogen-bond donors (Lipinski definition) is 1. The number of rotatable bonds is 7. The summed E-state index contributed by atoms with van der Waals surface area (Å²) in [4.78, 5) is 33.7. The average Bonchev–Trinajstić information content (AvgIpc) is 3.31. The fraction of sp³-hybridized carbons (Fsp3) is 0.0690. The Morgan fingerprint density at radius 3 is 2.00 bits per heavy atom. The van der Waals surface area contributed by atoms with Gasteiger partial charge in [-0.3, -0.25) is 14.2 Å². The van der Waals surface area contributed by atoms with Gasteiger partial charge in [-0.25, -0.2) is 9.97 Å². The number of carbonyl (C=O) groups is 2. The molecule has 0 aliphatic heterocycles. The third kappa shape index (κ3) is 4.48. The molecule has 0 amide bonds. The molecule has 2 heterocycles. The zero-order chi connectivity index (χ0) is 25.1. The molecule has 0 saturated heterocycles. The lowest BCUT2D eigenvalue weighted by molar-refractivity contribution is -0.136. The van der Waals surface area contributed by atoms with Crippen LogP contribution in [0.4, 0.5) is 0 Å². The number of hydrogen-bond acceptors (Lipinski definition) is 5. The second kappa shape index (κ2) is 9.65. The van der Waals surface area contributed by atoms with E-state index in [4.69, 9.17) is 15.1 Å². The fourth-order valence-corrected chi connectivity index (χ4v) is 4.10. The maximum Gasteiger partial charge on any atom is 0.303 e. The molecule has 36 heavy (non-hydrogen) atoms. The molecule has 0 radical (unpaired) electrons. The van der Waals surface area contributed by atoms with E-state index >= 15 is 0 Å². The van der Waals surface area contributed by atoms with Crippen molar-refractivity contribution in [2.45, 2.75) is 12.8 Å². The van der Waals surface area contributed by atoms with E-state index in [0.717, 1.165) is 11.1 Å². The van der Waals surface area contributed by atoms with Crippen molar-refractivity contribution in [3.63, 3.8) is 0 Å². The number of nitriles is 1. The second-order valence-electron chi connectivity index (χ2n) is 8.24. The number of Topliss-reactive ketones (excluding diaryl/α,β-unsaturated/α-hetero) is 1. The first-order valence-corrected chi connectivity index (χ1v) is 11.3. The van der Waals surface area contributed by atoms with Crippen molar-refractivity contribution < 1.29 is 14.7 Å². The number of carbonyl (C=O) groups excluding carboxylic acids is 1. The van der Waals surface area contributed by atoms with Gasteiger partial charge >= 0.3 is 5.97 Å². The van der Waals surface area contributed by atoms with E-state index in [2.05, 4.69) is 6.07 Å². The highest BCUT2D eigenvalue weighted by Crippen LogP contribution is 2.29. The maximum atomic E-state index is 13.0. The molecule has 2 aromatic heterocycles. The van der Waals surface area contributed by atoms with E-state index in [1.54, 1.807) is 29.0 Å². The summed E-state index contributed by atoms with van der Waals surface area (Å²) >= 11 is 0. The quantitative estimate of drug-likeness (QED) is 0.306. The molecule has 0 saturated carbocycles. The lowest BCUT2D eigenvalue weighted by atomic mass is 10.0. The predicted octanol–water partition coefficient (Wildman–Crippen LogP) is 5.67. The number of ketones is 1. The standard InChI is InChI=1S/C29H20N4O3/c30-17-19-11-12-26-22(15-19)23(27(34)13-14-28(35)36)18-33(26)29-31-24(20-7-3-1-4-8-20)16-25(32-29)21-9-5-2-6-10-21/h1-12,15-16,18H,13-14H2,(H,35,36). The van der Waals surface area contributed by atoms with E-state index in [9.17, 15) is 14.9 Å². The Balaban J connectivity index is 1.73. The largest absolute Gasteiger partial charge is 0.481 e. The molecule has 0 spiro atoms. The van der Waals surface area contributed by atoms with Crippen molar-refractivity contribution in [1.82, 2.24) is 14.5 Å². The minimum absolute atomic E-state index is 0.147. The van der Waals surface area contributed by atoms with Crippen molar-refractivity contribution in [1.29, 1.82) is 5.26 Å². The Morgan fingerprint density at radius 2 is 1.44 bits per heavy atom. The SMILES string of the molecule is N#Cc1ccc2c(c1)c(C(=O)CCC(=O)O)cn2-c1nc(-c2ccccc2)cc(-c2ccccc2)n1. The van der Waals surface area contributed by atoms with Crippen LogP contribution in [0.5, 0.6) is 0 Å². The first kappa shape index (κ1) is 22.7. The van der Waals surface area contributed by atoms with Crippen LogP contribution in [0.3, 0.4) is 0 Å². The van der Waals surface area contributed by atoms with Crippen LogP contribution in [0, 0.1) is 11.3 Å². The predicted molar refractivity (Wildman–Crippen MR) is 136 cm³/mol. The van der Waals surface area contributed by atoms with Crippen molar-refractivity contribution in [2.75, 3.05) is 0 Å². The number of aliphatic carboxylic acids is 1. The zero-order valence-electron chi connectivity index (χ0n) is 19.1. The van der Waals surface area contributed by atoms with Crippen LogP contribution in [0.2, 0.25) is 0 Å². The van der Waals surface area contributed by atoms with Crippen LogP contribution in [0.15, 0.2) is 91.1 Å². The van der Waals surface area contributed by atoms with E-state index in [-0.39, 0.29) is 18.6 Å². The number of nitrogens with zero attached hydrogens (tertiary/aromatic N) is 4. The minimum Gasteiger partial charge on any atom is -0.481 e. The summed E-state index contributed by atoms with van der Waals surface area (Å²) in [5.74, 6) is -1.00. The average molecular weight is 473 g/mol. The molecule has 7 nitrogen and oxygen atoms in total. The summed E-state index contributed by atoms with van der Waals surface area (Å²) < 4.78 is 1.73. The number of aromatic nitrogens is 3. The van der Waals surface area contributed by atoms with Crippen LogP contribution in [0.25, 0.3) is 39.4 Å². The summed E-state index contributed by atoms with van der Waals surface area (Å²) in [5.41, 5.74) is 4.65. The molecule has 7 heteroatoms. The lowest BCUT2D eigenvalue weighted by Gasteiger charge is -2.10. The Morgan fingerprint density at radius 1 is 0.833 bits per heavy atom. The topological polar surface area (TPSA) is 109 Å². The van der Waals surface area contributed by atoms with Gasteiger partial charge in [-0.15, -0.1) is 0 Å². The fourth-order valence-electron chi connectivity index (χ4n) is 4.10. The molecular weight excluding hydrogens is 452 g/mol. The summed E-state index contributed by atoms with van der Waals surface area (Å²) in [6, 6.07) is 28.6. The van der Waals surface area contributed by atoms with Crippen molar-refractivity contribution in [3.8, 4) is 34.5 Å². The van der Waals surface area contributed by atoms with Crippen LogP contribution in [-0.4, -0.2) is 31.4 Å². The lowest BCUT2D eigenvalue weighted by Crippen LogP contribution is -2.04. The van der Waals surface area contributed by atoms with Gasteiger partial charge in [0, 0.05) is 34.7 Å². The smallest absolute Gasteiger partial charge is 0.303 e. The Kier molecular flexibility index (Phi) is 6.08. The highest BCUT2D eigenvalue weighted by atomic mass is 16.4. The summed E-state index contributed by atoms with van der Waals surface area (Å²) in [5, 5.41) is 19.0. The van der Waals surface area contributed by atoms with Crippen LogP contribution in [0.1, 0.15) is 28.8 Å². The summed E-state index contributed by atoms with van der Waals surface area (Å²) in [6.45, 7) is 0. The molecule has 0 aliphatic carbocycles. The highest BCUT2D eigenvalue weighted by Gasteiger charge is 2.20. The summed E-state index contributed by atoms with van der Waals surface area (Å²) in [6.07, 6.45) is 1.21. The molecule has 3 aromatic carbocycles. The van der Waals surface area contributed by atoms with Crippen molar-refractivity contribution in [3.05, 3.63) is 102 Å². The van der Waals surface area contributed by atoms with Crippen LogP contribution >= 0.6 is 0 Å². The molecule has 174 valence electrons.